The first-order chi connectivity index (χ1) is 43.8. The Morgan fingerprint density at radius 2 is 0.870 bits per heavy atom. The second-order valence-corrected chi connectivity index (χ2v) is 20.6. The molecular weight excluding hydrogens is 873 g/mol. The Hall–Kier alpha value is -8.55. The number of fused-ring (bicyclic) bond motifs is 6. The molecule has 0 bridgehead atoms. The van der Waals surface area contributed by atoms with Crippen molar-refractivity contribution in [3.05, 3.63) is 254 Å². The van der Waals surface area contributed by atoms with E-state index >= 15 is 0 Å². The van der Waals surface area contributed by atoms with Gasteiger partial charge in [0.2, 0.25) is 0 Å². The van der Waals surface area contributed by atoms with Crippen molar-refractivity contribution >= 4 is 82.1 Å². The second-order valence-electron chi connectivity index (χ2n) is 15.8. The summed E-state index contributed by atoms with van der Waals surface area (Å²) in [4.78, 5) is 14.4. The number of thiophene rings is 1. The van der Waals surface area contributed by atoms with Crippen LogP contribution in [-0.2, 0) is 0 Å². The van der Waals surface area contributed by atoms with Gasteiger partial charge in [0.25, 0.3) is 0 Å². The van der Waals surface area contributed by atoms with Gasteiger partial charge in [-0.1, -0.05) is 212 Å². The molecule has 324 valence electrons. The van der Waals surface area contributed by atoms with Gasteiger partial charge in [0.15, 0.2) is 25.5 Å². The Labute approximate surface area is 437 Å². The van der Waals surface area contributed by atoms with Crippen LogP contribution in [-0.4, -0.2) is 27.6 Å². The number of benzene rings is 10. The topological polar surface area (TPSA) is 43.6 Å². The number of nitrogens with zero attached hydrogens (tertiary/aromatic N) is 4. The first-order valence-corrected chi connectivity index (χ1v) is 24.3. The number of hydrogen-bond acceptors (Lipinski definition) is 4. The Kier molecular flexibility index (Phi) is 5.76. The summed E-state index contributed by atoms with van der Waals surface area (Å²) >= 11 is 0.767. The van der Waals surface area contributed by atoms with E-state index in [4.69, 9.17) is 30.0 Å². The summed E-state index contributed by atoms with van der Waals surface area (Å²) in [5.74, 6) is -1.51. The summed E-state index contributed by atoms with van der Waals surface area (Å²) in [7, 11) is -3.37. The highest BCUT2D eigenvalue weighted by molar-refractivity contribution is 7.25. The van der Waals surface area contributed by atoms with E-state index in [1.165, 1.54) is 0 Å². The van der Waals surface area contributed by atoms with Gasteiger partial charge in [0.05, 0.1) is 42.6 Å². The molecule has 6 heteroatoms. The van der Waals surface area contributed by atoms with Gasteiger partial charge in [0.1, 0.15) is 0 Å². The molecule has 13 aromatic rings. The molecule has 0 aliphatic heterocycles. The minimum atomic E-state index is -3.37. The number of hydrogen-bond donors (Lipinski definition) is 0. The van der Waals surface area contributed by atoms with Gasteiger partial charge in [-0.2, -0.15) is 0 Å². The fourth-order valence-electron chi connectivity index (χ4n) is 8.86. The summed E-state index contributed by atoms with van der Waals surface area (Å²) in [5, 5.41) is 2.58. The van der Waals surface area contributed by atoms with E-state index in [0.29, 0.717) is 0 Å². The predicted molar refractivity (Wildman–Crippen MR) is 292 cm³/mol. The molecule has 0 saturated heterocycles. The summed E-state index contributed by atoms with van der Waals surface area (Å²) in [6, 6.07) is 19.6. The molecule has 0 saturated carbocycles. The molecule has 10 aromatic carbocycles. The maximum Gasteiger partial charge on any atom is 0.179 e. The lowest BCUT2D eigenvalue weighted by Gasteiger charge is -2.34. The van der Waals surface area contributed by atoms with Crippen LogP contribution in [0.2, 0.25) is 0 Å². The van der Waals surface area contributed by atoms with Crippen LogP contribution in [0.1, 0.15) is 31.5 Å². The third kappa shape index (κ3) is 7.00. The van der Waals surface area contributed by atoms with Crippen molar-refractivity contribution in [1.82, 2.24) is 19.5 Å². The van der Waals surface area contributed by atoms with E-state index in [9.17, 15) is 16.4 Å². The molecule has 0 radical (unpaired) electrons. The summed E-state index contributed by atoms with van der Waals surface area (Å²) in [6.45, 7) is 0. The SMILES string of the molecule is [2H]c1c([2H])c(-c2nc(-c3cccc([Si](c4ccccc4)(c4ccccc4)c4ccccc4)c3)nc(-c3c([2H])c([2H])c(-c4c([2H])c([2H])c5sc6c([2H])c([2H])c([2H])c([2H])c6c5c4[2H])c([2H])c3[2H])n2)c([2H])c(-n2c3c([2H])c([2H])c([2H])c([2H])c3c3c([2H])c([2H])c([2H])c([2H])c32)c1[2H]. The van der Waals surface area contributed by atoms with Gasteiger partial charge in [-0.3, -0.25) is 0 Å². The zero-order chi connectivity index (χ0) is 65.7. The van der Waals surface area contributed by atoms with Crippen molar-refractivity contribution in [3.8, 4) is 51.0 Å². The number of aromatic nitrogens is 4. The van der Waals surface area contributed by atoms with Crippen molar-refractivity contribution in [2.45, 2.75) is 0 Å². The average Bonchev–Trinajstić information content (AvgIpc) is 1.55. The van der Waals surface area contributed by atoms with Crippen LogP contribution in [0.3, 0.4) is 0 Å². The largest absolute Gasteiger partial charge is 0.309 e. The smallest absolute Gasteiger partial charge is 0.179 e. The lowest BCUT2D eigenvalue weighted by atomic mass is 10.0. The maximum absolute atomic E-state index is 10.1. The zero-order valence-corrected chi connectivity index (χ0v) is 37.5. The van der Waals surface area contributed by atoms with Crippen LogP contribution in [0.15, 0.2) is 254 Å². The minimum Gasteiger partial charge on any atom is -0.309 e. The van der Waals surface area contributed by atoms with Gasteiger partial charge in [-0.25, -0.2) is 15.0 Å². The molecular formula is C63H42N4SSi. The highest BCUT2D eigenvalue weighted by atomic mass is 32.1. The zero-order valence-electron chi connectivity index (χ0n) is 58.7. The molecule has 0 aliphatic carbocycles. The summed E-state index contributed by atoms with van der Waals surface area (Å²) in [6.07, 6.45) is 0. The highest BCUT2D eigenvalue weighted by Gasteiger charge is 2.41. The standard InChI is InChI=1S/C63H42N4SSi/c1-4-21-49(22-5-1)69(50-23-6-2-7-24-50,51-25-8-3-9-26-51)52-27-17-19-47(41-52)63-65-61(44-36-34-43(35-37-44)45-38-39-60-56(42-45)55-30-12-15-33-59(55)68-60)64-62(66-63)46-18-16-20-48(40-46)67-57-31-13-10-28-53(57)54-29-11-14-32-58(54)67/h1-42H/i10D,11D,12D,13D,14D,15D,16D,18D,20D,28D,29D,30D,31D,32D,33D,34D,35D,36D,37D,38D,39D,40D,42D. The normalized spacial score (nSPS) is 16.4. The average molecular weight is 938 g/mol. The van der Waals surface area contributed by atoms with E-state index in [1.54, 1.807) is 12.1 Å². The lowest BCUT2D eigenvalue weighted by molar-refractivity contribution is 1.07. The Balaban J connectivity index is 1.13. The van der Waals surface area contributed by atoms with Crippen LogP contribution in [0, 0.1) is 0 Å². The van der Waals surface area contributed by atoms with Crippen LogP contribution >= 0.6 is 11.3 Å². The van der Waals surface area contributed by atoms with Crippen LogP contribution in [0.25, 0.3) is 93.0 Å². The predicted octanol–water partition coefficient (Wildman–Crippen LogP) is 13.4. The molecule has 0 spiro atoms. The van der Waals surface area contributed by atoms with E-state index in [2.05, 4.69) is 0 Å². The Bertz CT molecular complexity index is 5200. The van der Waals surface area contributed by atoms with Crippen LogP contribution in [0.5, 0.6) is 0 Å². The summed E-state index contributed by atoms with van der Waals surface area (Å²) in [5.41, 5.74) is -3.91. The monoisotopic (exact) mass is 937 g/mol. The molecule has 0 atom stereocenters. The van der Waals surface area contributed by atoms with E-state index in [0.717, 1.165) is 36.7 Å². The van der Waals surface area contributed by atoms with Crippen LogP contribution in [0.4, 0.5) is 0 Å². The van der Waals surface area contributed by atoms with E-state index in [1.807, 2.05) is 103 Å². The van der Waals surface area contributed by atoms with Crippen molar-refractivity contribution in [3.63, 3.8) is 0 Å². The summed E-state index contributed by atoms with van der Waals surface area (Å²) < 4.78 is 211. The van der Waals surface area contributed by atoms with Gasteiger partial charge in [-0.05, 0) is 74.2 Å². The first kappa shape index (κ1) is 23.4. The van der Waals surface area contributed by atoms with Gasteiger partial charge in [0, 0.05) is 53.3 Å². The van der Waals surface area contributed by atoms with E-state index in [-0.39, 0.29) is 31.6 Å². The van der Waals surface area contributed by atoms with E-state index < -0.39 is 208 Å². The van der Waals surface area contributed by atoms with Crippen molar-refractivity contribution < 1.29 is 31.5 Å². The van der Waals surface area contributed by atoms with Crippen LogP contribution < -0.4 is 20.7 Å². The van der Waals surface area contributed by atoms with Gasteiger partial charge >= 0.3 is 0 Å². The van der Waals surface area contributed by atoms with Crippen molar-refractivity contribution in [1.29, 1.82) is 0 Å². The van der Waals surface area contributed by atoms with Gasteiger partial charge in [-0.15, -0.1) is 11.3 Å². The lowest BCUT2D eigenvalue weighted by Crippen LogP contribution is -2.74. The van der Waals surface area contributed by atoms with Crippen molar-refractivity contribution in [2.75, 3.05) is 0 Å². The molecule has 4 nitrogen and oxygen atoms in total. The molecule has 0 unspecified atom stereocenters. The fourth-order valence-corrected chi connectivity index (χ4v) is 14.6. The number of para-hydroxylation sites is 2. The molecule has 0 amide bonds. The van der Waals surface area contributed by atoms with Gasteiger partial charge < -0.3 is 4.57 Å². The molecule has 3 aromatic heterocycles. The highest BCUT2D eigenvalue weighted by Crippen LogP contribution is 2.37. The third-order valence-corrected chi connectivity index (χ3v) is 17.7. The molecule has 0 fully saturated rings. The van der Waals surface area contributed by atoms with Crippen molar-refractivity contribution in [2.24, 2.45) is 0 Å². The maximum atomic E-state index is 10.1. The minimum absolute atomic E-state index is 0.0100. The molecule has 0 aliphatic rings. The molecule has 3 heterocycles. The quantitative estimate of drug-likeness (QED) is 0.107. The third-order valence-electron chi connectivity index (χ3n) is 11.9. The number of rotatable bonds is 9. The Morgan fingerprint density at radius 1 is 0.362 bits per heavy atom. The molecule has 13 rings (SSSR count). The fraction of sp³-hybridized carbons (Fsp3) is 0. The second kappa shape index (κ2) is 17.0. The Morgan fingerprint density at radius 3 is 1.51 bits per heavy atom. The molecule has 69 heavy (non-hydrogen) atoms. The molecule has 0 N–H and O–H groups in total. The first-order valence-electron chi connectivity index (χ1n) is 33.0.